The molecule has 1 fully saturated rings. The third-order valence-electron chi connectivity index (χ3n) is 7.87. The molecule has 10 heteroatoms. The molecule has 0 radical (unpaired) electrons. The molecular formula is C35H39FN2O6S. The predicted octanol–water partition coefficient (Wildman–Crippen LogP) is 7.01. The fourth-order valence-corrected chi connectivity index (χ4v) is 6.04. The number of halogens is 1. The summed E-state index contributed by atoms with van der Waals surface area (Å²) in [5.74, 6) is -0.0656. The molecule has 5 rings (SSSR count). The van der Waals surface area contributed by atoms with E-state index in [0.717, 1.165) is 42.3 Å². The van der Waals surface area contributed by atoms with E-state index < -0.39 is 0 Å². The molecule has 0 unspecified atom stereocenters. The Labute approximate surface area is 267 Å². The monoisotopic (exact) mass is 634 g/mol. The Balaban J connectivity index is 1.18. The van der Waals surface area contributed by atoms with Gasteiger partial charge in [0.25, 0.3) is 5.91 Å². The third-order valence-corrected chi connectivity index (χ3v) is 8.69. The van der Waals surface area contributed by atoms with Crippen LogP contribution in [0.15, 0.2) is 65.1 Å². The average molecular weight is 635 g/mol. The number of rotatable bonds is 16. The normalized spacial score (nSPS) is 12.8. The van der Waals surface area contributed by atoms with Crippen LogP contribution >= 0.6 is 11.9 Å². The van der Waals surface area contributed by atoms with Crippen LogP contribution in [0.2, 0.25) is 0 Å². The molecule has 1 amide bonds. The standard InChI is InChI=1S/C35H39FN2O6S/c1-37-34(39)32-29-21-28(24-10-11-24)30(22-31(29)44-33(32)25-12-14-26(36)15-13-25)38(45-3)16-18-43-20-19-42-17-6-8-23-7-4-5-9-27(23)35(40)41-2/h4-5,7,9,12-15,21-22,24H,6,8,10-11,16-20H2,1-3H3,(H,37,39). The molecule has 0 spiro atoms. The SMILES string of the molecule is CNC(=O)c1c(-c2ccc(F)cc2)oc2cc(N(CCOCCOCCCc3ccccc3C(=O)OC)SC)c(C3CC3)cc12. The van der Waals surface area contributed by atoms with Crippen LogP contribution in [0, 0.1) is 5.82 Å². The second-order valence-corrected chi connectivity index (χ2v) is 11.6. The zero-order chi connectivity index (χ0) is 31.8. The summed E-state index contributed by atoms with van der Waals surface area (Å²) in [7, 11) is 2.99. The number of methoxy groups -OCH3 is 1. The summed E-state index contributed by atoms with van der Waals surface area (Å²) in [6.07, 6.45) is 5.75. The number of aryl methyl sites for hydroxylation is 1. The number of hydrogen-bond acceptors (Lipinski definition) is 8. The number of anilines is 1. The Kier molecular flexibility index (Phi) is 11.2. The molecule has 1 saturated carbocycles. The Hall–Kier alpha value is -3.86. The van der Waals surface area contributed by atoms with Crippen molar-refractivity contribution in [2.24, 2.45) is 0 Å². The summed E-state index contributed by atoms with van der Waals surface area (Å²) in [5.41, 5.74) is 5.49. The van der Waals surface area contributed by atoms with E-state index in [0.29, 0.717) is 66.9 Å². The fraction of sp³-hybridized carbons (Fsp3) is 0.371. The molecule has 0 aliphatic heterocycles. The van der Waals surface area contributed by atoms with Crippen LogP contribution in [0.5, 0.6) is 0 Å². The molecule has 1 heterocycles. The Morgan fingerprint density at radius 3 is 2.44 bits per heavy atom. The van der Waals surface area contributed by atoms with E-state index >= 15 is 0 Å². The number of nitrogens with one attached hydrogen (secondary N) is 1. The van der Waals surface area contributed by atoms with Gasteiger partial charge < -0.3 is 28.2 Å². The number of carbonyl (C=O) groups is 2. The molecule has 238 valence electrons. The summed E-state index contributed by atoms with van der Waals surface area (Å²) < 4.78 is 38.7. The van der Waals surface area contributed by atoms with E-state index in [1.165, 1.54) is 24.8 Å². The molecule has 1 N–H and O–H groups in total. The number of benzene rings is 3. The van der Waals surface area contributed by atoms with E-state index in [-0.39, 0.29) is 17.7 Å². The topological polar surface area (TPSA) is 90.2 Å². The van der Waals surface area contributed by atoms with Gasteiger partial charge in [-0.1, -0.05) is 30.1 Å². The van der Waals surface area contributed by atoms with Crippen molar-refractivity contribution in [3.05, 3.63) is 88.7 Å². The maximum Gasteiger partial charge on any atom is 0.338 e. The summed E-state index contributed by atoms with van der Waals surface area (Å²) in [6.45, 7) is 2.70. The van der Waals surface area contributed by atoms with Crippen molar-refractivity contribution in [3.8, 4) is 11.3 Å². The molecule has 0 saturated heterocycles. The smallest absolute Gasteiger partial charge is 0.338 e. The highest BCUT2D eigenvalue weighted by atomic mass is 32.2. The first-order valence-corrected chi connectivity index (χ1v) is 16.3. The summed E-state index contributed by atoms with van der Waals surface area (Å²) in [4.78, 5) is 25.0. The second-order valence-electron chi connectivity index (χ2n) is 10.8. The molecule has 0 bridgehead atoms. The lowest BCUT2D eigenvalue weighted by atomic mass is 10.0. The van der Waals surface area contributed by atoms with Crippen LogP contribution < -0.4 is 9.62 Å². The highest BCUT2D eigenvalue weighted by molar-refractivity contribution is 7.99. The Morgan fingerprint density at radius 2 is 1.76 bits per heavy atom. The molecule has 45 heavy (non-hydrogen) atoms. The first-order valence-electron chi connectivity index (χ1n) is 15.2. The van der Waals surface area contributed by atoms with Gasteiger partial charge in [-0.3, -0.25) is 4.79 Å². The van der Waals surface area contributed by atoms with Crippen molar-refractivity contribution in [1.29, 1.82) is 0 Å². The Bertz CT molecular complexity index is 1620. The number of nitrogens with zero attached hydrogens (tertiary/aromatic N) is 1. The van der Waals surface area contributed by atoms with E-state index in [1.807, 2.05) is 30.5 Å². The van der Waals surface area contributed by atoms with E-state index in [1.54, 1.807) is 37.2 Å². The van der Waals surface area contributed by atoms with E-state index in [2.05, 4.69) is 15.7 Å². The maximum absolute atomic E-state index is 13.6. The quantitative estimate of drug-likeness (QED) is 0.0800. The van der Waals surface area contributed by atoms with E-state index in [4.69, 9.17) is 18.6 Å². The minimum absolute atomic E-state index is 0.245. The molecule has 0 atom stereocenters. The van der Waals surface area contributed by atoms with Crippen molar-refractivity contribution in [2.75, 3.05) is 57.7 Å². The number of fused-ring (bicyclic) bond motifs is 1. The van der Waals surface area contributed by atoms with Gasteiger partial charge in [0.1, 0.15) is 17.2 Å². The van der Waals surface area contributed by atoms with Gasteiger partial charge in [-0.05, 0) is 79.1 Å². The molecule has 1 aromatic heterocycles. The fourth-order valence-electron chi connectivity index (χ4n) is 5.43. The molecular weight excluding hydrogens is 595 g/mol. The minimum Gasteiger partial charge on any atom is -0.465 e. The number of hydrogen-bond donors (Lipinski definition) is 1. The summed E-state index contributed by atoms with van der Waals surface area (Å²) >= 11 is 1.61. The van der Waals surface area contributed by atoms with Crippen LogP contribution in [-0.2, 0) is 20.6 Å². The number of carbonyl (C=O) groups excluding carboxylic acids is 2. The van der Waals surface area contributed by atoms with Gasteiger partial charge in [-0.15, -0.1) is 0 Å². The van der Waals surface area contributed by atoms with Crippen molar-refractivity contribution in [1.82, 2.24) is 5.32 Å². The summed E-state index contributed by atoms with van der Waals surface area (Å²) in [5, 5.41) is 3.49. The first kappa shape index (κ1) is 32.5. The van der Waals surface area contributed by atoms with Crippen LogP contribution in [-0.4, -0.2) is 65.3 Å². The van der Waals surface area contributed by atoms with Crippen LogP contribution in [0.1, 0.15) is 57.0 Å². The van der Waals surface area contributed by atoms with Gasteiger partial charge in [0.15, 0.2) is 0 Å². The average Bonchev–Trinajstić information content (AvgIpc) is 3.85. The van der Waals surface area contributed by atoms with Crippen LogP contribution in [0.25, 0.3) is 22.3 Å². The second kappa shape index (κ2) is 15.4. The predicted molar refractivity (Wildman–Crippen MR) is 176 cm³/mol. The highest BCUT2D eigenvalue weighted by Crippen LogP contribution is 2.48. The van der Waals surface area contributed by atoms with Crippen molar-refractivity contribution >= 4 is 40.5 Å². The van der Waals surface area contributed by atoms with Gasteiger partial charge in [-0.25, -0.2) is 9.18 Å². The van der Waals surface area contributed by atoms with Gasteiger partial charge >= 0.3 is 5.97 Å². The molecule has 3 aromatic carbocycles. The number of furan rings is 1. The van der Waals surface area contributed by atoms with E-state index in [9.17, 15) is 14.0 Å². The lowest BCUT2D eigenvalue weighted by molar-refractivity contribution is 0.0501. The molecule has 4 aromatic rings. The van der Waals surface area contributed by atoms with Gasteiger partial charge in [0.05, 0.1) is 50.3 Å². The minimum atomic E-state index is -0.349. The van der Waals surface area contributed by atoms with Crippen molar-refractivity contribution < 1.29 is 32.6 Å². The lowest BCUT2D eigenvalue weighted by Gasteiger charge is -2.24. The van der Waals surface area contributed by atoms with Gasteiger partial charge in [0, 0.05) is 36.9 Å². The molecule has 8 nitrogen and oxygen atoms in total. The number of amides is 1. The van der Waals surface area contributed by atoms with Crippen molar-refractivity contribution in [2.45, 2.75) is 31.6 Å². The first-order chi connectivity index (χ1) is 21.9. The Morgan fingerprint density at radius 1 is 1.02 bits per heavy atom. The maximum atomic E-state index is 13.6. The zero-order valence-electron chi connectivity index (χ0n) is 25.9. The summed E-state index contributed by atoms with van der Waals surface area (Å²) in [6, 6.07) is 17.6. The highest BCUT2D eigenvalue weighted by Gasteiger charge is 2.31. The third kappa shape index (κ3) is 7.87. The lowest BCUT2D eigenvalue weighted by Crippen LogP contribution is -2.22. The van der Waals surface area contributed by atoms with Gasteiger partial charge in [0.2, 0.25) is 0 Å². The van der Waals surface area contributed by atoms with Crippen LogP contribution in [0.3, 0.4) is 0 Å². The molecule has 1 aliphatic rings. The zero-order valence-corrected chi connectivity index (χ0v) is 26.7. The van der Waals surface area contributed by atoms with Crippen LogP contribution in [0.4, 0.5) is 10.1 Å². The largest absolute Gasteiger partial charge is 0.465 e. The van der Waals surface area contributed by atoms with Gasteiger partial charge in [-0.2, -0.15) is 0 Å². The number of esters is 1. The van der Waals surface area contributed by atoms with Crippen molar-refractivity contribution in [3.63, 3.8) is 0 Å². The number of ether oxygens (including phenoxy) is 3. The molecule has 1 aliphatic carbocycles.